The van der Waals surface area contributed by atoms with Gasteiger partial charge >= 0.3 is 5.97 Å². The number of amides is 1. The molecule has 1 aliphatic carbocycles. The van der Waals surface area contributed by atoms with Crippen LogP contribution in [0.2, 0.25) is 0 Å². The van der Waals surface area contributed by atoms with E-state index >= 15 is 0 Å². The van der Waals surface area contributed by atoms with E-state index in [1.54, 1.807) is 6.07 Å². The number of hydrogen-bond donors (Lipinski definition) is 2. The van der Waals surface area contributed by atoms with Crippen LogP contribution in [0.3, 0.4) is 0 Å². The van der Waals surface area contributed by atoms with Gasteiger partial charge in [0.2, 0.25) is 0 Å². The van der Waals surface area contributed by atoms with Gasteiger partial charge in [0.25, 0.3) is 5.91 Å². The Kier molecular flexibility index (Phi) is 4.84. The number of aromatic amines is 1. The summed E-state index contributed by atoms with van der Waals surface area (Å²) in [6.07, 6.45) is 3.22. The molecule has 0 fully saturated rings. The first kappa shape index (κ1) is 17.5. The predicted molar refractivity (Wildman–Crippen MR) is 97.6 cm³/mol. The van der Waals surface area contributed by atoms with Crippen molar-refractivity contribution in [2.24, 2.45) is 11.8 Å². The molecule has 0 radical (unpaired) electrons. The van der Waals surface area contributed by atoms with Gasteiger partial charge in [0, 0.05) is 11.1 Å². The van der Waals surface area contributed by atoms with Crippen LogP contribution < -0.4 is 5.32 Å². The highest BCUT2D eigenvalue weighted by atomic mass is 16.5. The Bertz CT molecular complexity index is 807. The highest BCUT2D eigenvalue weighted by molar-refractivity contribution is 6.07. The van der Waals surface area contributed by atoms with E-state index in [4.69, 9.17) is 4.74 Å². The number of ether oxygens (including phenoxy) is 1. The molecular formula is C20H26N2O3. The highest BCUT2D eigenvalue weighted by Crippen LogP contribution is 2.33. The van der Waals surface area contributed by atoms with Crippen molar-refractivity contribution >= 4 is 22.8 Å². The lowest BCUT2D eigenvalue weighted by molar-refractivity contribution is -0.144. The molecular weight excluding hydrogens is 316 g/mol. The van der Waals surface area contributed by atoms with Crippen LogP contribution in [0.25, 0.3) is 10.9 Å². The van der Waals surface area contributed by atoms with Gasteiger partial charge in [0.15, 0.2) is 0 Å². The Labute approximate surface area is 148 Å². The summed E-state index contributed by atoms with van der Waals surface area (Å²) in [5.74, 6) is -0.0570. The second-order valence-electron chi connectivity index (χ2n) is 7.38. The number of hydrogen-bond acceptors (Lipinski definition) is 3. The first-order valence-corrected chi connectivity index (χ1v) is 8.93. The van der Waals surface area contributed by atoms with Crippen LogP contribution in [0.15, 0.2) is 18.2 Å². The van der Waals surface area contributed by atoms with Crippen LogP contribution in [0.5, 0.6) is 0 Å². The zero-order valence-corrected chi connectivity index (χ0v) is 15.3. The standard InChI is InChI=1S/C20H26N2O3/c1-11(2)17(20(24)25-4)22-19(23)14-7-5-6-13-15-10-12(3)8-9-16(15)21-18(13)14/h5-7,11-12,17,21H,8-10H2,1-4H3,(H,22,23). The number of aryl methyl sites for hydroxylation is 1. The lowest BCUT2D eigenvalue weighted by Gasteiger charge is -2.20. The molecule has 1 amide bonds. The molecule has 3 rings (SSSR count). The monoisotopic (exact) mass is 342 g/mol. The van der Waals surface area contributed by atoms with Gasteiger partial charge in [0.05, 0.1) is 18.2 Å². The number of carbonyl (C=O) groups excluding carboxylic acids is 2. The first-order chi connectivity index (χ1) is 11.9. The maximum Gasteiger partial charge on any atom is 0.328 e. The fraction of sp³-hybridized carbons (Fsp3) is 0.500. The minimum absolute atomic E-state index is 0.0479. The molecule has 25 heavy (non-hydrogen) atoms. The Morgan fingerprint density at radius 2 is 2.08 bits per heavy atom. The molecule has 134 valence electrons. The largest absolute Gasteiger partial charge is 0.467 e. The van der Waals surface area contributed by atoms with E-state index in [0.29, 0.717) is 11.5 Å². The van der Waals surface area contributed by atoms with E-state index < -0.39 is 12.0 Å². The summed E-state index contributed by atoms with van der Waals surface area (Å²) in [7, 11) is 1.34. The topological polar surface area (TPSA) is 71.2 Å². The van der Waals surface area contributed by atoms with Gasteiger partial charge in [-0.2, -0.15) is 0 Å². The molecule has 2 aromatic rings. The van der Waals surface area contributed by atoms with Crippen LogP contribution in [0.4, 0.5) is 0 Å². The fourth-order valence-electron chi connectivity index (χ4n) is 3.65. The van der Waals surface area contributed by atoms with Gasteiger partial charge < -0.3 is 15.0 Å². The van der Waals surface area contributed by atoms with Crippen molar-refractivity contribution in [3.05, 3.63) is 35.0 Å². The lowest BCUT2D eigenvalue weighted by atomic mass is 9.87. The maximum absolute atomic E-state index is 12.8. The van der Waals surface area contributed by atoms with Gasteiger partial charge in [-0.3, -0.25) is 4.79 Å². The van der Waals surface area contributed by atoms with E-state index in [0.717, 1.165) is 23.7 Å². The Morgan fingerprint density at radius 3 is 2.76 bits per heavy atom. The second kappa shape index (κ2) is 6.90. The number of para-hydroxylation sites is 1. The van der Waals surface area contributed by atoms with Gasteiger partial charge in [-0.15, -0.1) is 0 Å². The smallest absolute Gasteiger partial charge is 0.328 e. The highest BCUT2D eigenvalue weighted by Gasteiger charge is 2.27. The lowest BCUT2D eigenvalue weighted by Crippen LogP contribution is -2.45. The quantitative estimate of drug-likeness (QED) is 0.838. The summed E-state index contributed by atoms with van der Waals surface area (Å²) in [6.45, 7) is 6.04. The van der Waals surface area contributed by atoms with Crippen molar-refractivity contribution < 1.29 is 14.3 Å². The van der Waals surface area contributed by atoms with E-state index in [-0.39, 0.29) is 11.8 Å². The summed E-state index contributed by atoms with van der Waals surface area (Å²) in [6, 6.07) is 5.13. The van der Waals surface area contributed by atoms with Gasteiger partial charge in [-0.05, 0) is 42.7 Å². The van der Waals surface area contributed by atoms with E-state index in [2.05, 4.69) is 23.3 Å². The third kappa shape index (κ3) is 3.28. The molecule has 1 heterocycles. The average Bonchev–Trinajstić information content (AvgIpc) is 2.96. The van der Waals surface area contributed by atoms with Crippen molar-refractivity contribution in [3.8, 4) is 0 Å². The molecule has 2 N–H and O–H groups in total. The summed E-state index contributed by atoms with van der Waals surface area (Å²) in [5.41, 5.74) is 4.01. The predicted octanol–water partition coefficient (Wildman–Crippen LogP) is 3.22. The van der Waals surface area contributed by atoms with Crippen LogP contribution >= 0.6 is 0 Å². The zero-order chi connectivity index (χ0) is 18.1. The van der Waals surface area contributed by atoms with Crippen LogP contribution in [0, 0.1) is 11.8 Å². The molecule has 2 unspecified atom stereocenters. The number of nitrogens with one attached hydrogen (secondary N) is 2. The van der Waals surface area contributed by atoms with E-state index in [9.17, 15) is 9.59 Å². The number of benzene rings is 1. The maximum atomic E-state index is 12.8. The molecule has 0 saturated heterocycles. The normalized spacial score (nSPS) is 18.0. The molecule has 1 aromatic heterocycles. The zero-order valence-electron chi connectivity index (χ0n) is 15.3. The summed E-state index contributed by atoms with van der Waals surface area (Å²) < 4.78 is 4.81. The van der Waals surface area contributed by atoms with Gasteiger partial charge in [-0.1, -0.05) is 32.9 Å². The summed E-state index contributed by atoms with van der Waals surface area (Å²) >= 11 is 0. The molecule has 2 atom stereocenters. The number of esters is 1. The van der Waals surface area contributed by atoms with Crippen LogP contribution in [0.1, 0.15) is 48.8 Å². The molecule has 0 spiro atoms. The Morgan fingerprint density at radius 1 is 1.32 bits per heavy atom. The molecule has 5 nitrogen and oxygen atoms in total. The third-order valence-corrected chi connectivity index (χ3v) is 5.12. The first-order valence-electron chi connectivity index (χ1n) is 8.93. The SMILES string of the molecule is COC(=O)C(NC(=O)c1cccc2c3c([nH]c12)CCC(C)C3)C(C)C. The number of methoxy groups -OCH3 is 1. The van der Waals surface area contributed by atoms with E-state index in [1.807, 2.05) is 19.9 Å². The molecule has 0 bridgehead atoms. The minimum Gasteiger partial charge on any atom is -0.467 e. The number of fused-ring (bicyclic) bond motifs is 3. The van der Waals surface area contributed by atoms with Crippen LogP contribution in [-0.2, 0) is 22.4 Å². The second-order valence-corrected chi connectivity index (χ2v) is 7.38. The van der Waals surface area contributed by atoms with Crippen molar-refractivity contribution in [2.75, 3.05) is 7.11 Å². The number of H-pyrrole nitrogens is 1. The minimum atomic E-state index is -0.655. The molecule has 0 aliphatic heterocycles. The fourth-order valence-corrected chi connectivity index (χ4v) is 3.65. The molecule has 1 aliphatic rings. The van der Waals surface area contributed by atoms with Crippen LogP contribution in [-0.4, -0.2) is 30.0 Å². The number of aromatic nitrogens is 1. The van der Waals surface area contributed by atoms with Gasteiger partial charge in [0.1, 0.15) is 6.04 Å². The Balaban J connectivity index is 1.96. The Hall–Kier alpha value is -2.30. The number of carbonyl (C=O) groups is 2. The average molecular weight is 342 g/mol. The van der Waals surface area contributed by atoms with E-state index in [1.165, 1.54) is 24.8 Å². The number of rotatable bonds is 4. The molecule has 5 heteroatoms. The summed E-state index contributed by atoms with van der Waals surface area (Å²) in [5, 5.41) is 3.95. The van der Waals surface area contributed by atoms with Crippen molar-refractivity contribution in [1.82, 2.24) is 10.3 Å². The van der Waals surface area contributed by atoms with Crippen molar-refractivity contribution in [3.63, 3.8) is 0 Å². The molecule has 0 saturated carbocycles. The third-order valence-electron chi connectivity index (χ3n) is 5.12. The summed E-state index contributed by atoms with van der Waals surface area (Å²) in [4.78, 5) is 28.2. The van der Waals surface area contributed by atoms with Crippen molar-refractivity contribution in [1.29, 1.82) is 0 Å². The van der Waals surface area contributed by atoms with Gasteiger partial charge in [-0.25, -0.2) is 4.79 Å². The molecule has 1 aromatic carbocycles. The van der Waals surface area contributed by atoms with Crippen molar-refractivity contribution in [2.45, 2.75) is 46.1 Å².